The molecule has 0 radical (unpaired) electrons. The number of halogens is 1. The van der Waals surface area contributed by atoms with Crippen LogP contribution in [0.25, 0.3) is 0 Å². The van der Waals surface area contributed by atoms with Crippen LogP contribution in [0, 0.1) is 0 Å². The Labute approximate surface area is 140 Å². The van der Waals surface area contributed by atoms with Crippen LogP contribution in [0.5, 0.6) is 11.5 Å². The van der Waals surface area contributed by atoms with Crippen LogP contribution in [-0.2, 0) is 4.74 Å². The maximum atomic E-state index is 5.76. The van der Waals surface area contributed by atoms with Crippen molar-refractivity contribution in [2.24, 2.45) is 0 Å². The summed E-state index contributed by atoms with van der Waals surface area (Å²) in [5.41, 5.74) is 0. The third kappa shape index (κ3) is 7.34. The third-order valence-corrected chi connectivity index (χ3v) is 3.58. The molecule has 4 nitrogen and oxygen atoms in total. The minimum absolute atomic E-state index is 0. The molecule has 1 fully saturated rings. The molecule has 0 N–H and O–H groups in total. The van der Waals surface area contributed by atoms with E-state index in [9.17, 15) is 0 Å². The molecule has 2 rings (SSSR count). The minimum atomic E-state index is 0. The summed E-state index contributed by atoms with van der Waals surface area (Å²) in [5, 5.41) is 0. The number of unbranched alkanes of at least 4 members (excludes halogenated alkanes) is 1. The molecule has 0 aliphatic carbocycles. The molecular weight excluding hydrogens is 302 g/mol. The lowest BCUT2D eigenvalue weighted by Gasteiger charge is -2.26. The predicted molar refractivity (Wildman–Crippen MR) is 91.5 cm³/mol. The molecule has 1 saturated heterocycles. The van der Waals surface area contributed by atoms with Gasteiger partial charge in [-0.1, -0.05) is 13.3 Å². The van der Waals surface area contributed by atoms with Gasteiger partial charge in [-0.3, -0.25) is 4.90 Å². The van der Waals surface area contributed by atoms with Crippen molar-refractivity contribution >= 4 is 12.4 Å². The van der Waals surface area contributed by atoms with E-state index in [1.807, 2.05) is 24.3 Å². The molecule has 1 aromatic carbocycles. The number of nitrogens with zero attached hydrogens (tertiary/aromatic N) is 1. The minimum Gasteiger partial charge on any atom is -0.494 e. The number of hydrogen-bond donors (Lipinski definition) is 0. The summed E-state index contributed by atoms with van der Waals surface area (Å²) in [5.74, 6) is 1.84. The second kappa shape index (κ2) is 11.6. The second-order valence-corrected chi connectivity index (χ2v) is 5.33. The highest BCUT2D eigenvalue weighted by Crippen LogP contribution is 2.18. The summed E-state index contributed by atoms with van der Waals surface area (Å²) in [7, 11) is 0. The maximum absolute atomic E-state index is 5.76. The van der Waals surface area contributed by atoms with Gasteiger partial charge in [0.1, 0.15) is 11.5 Å². The van der Waals surface area contributed by atoms with Crippen molar-refractivity contribution in [3.05, 3.63) is 24.3 Å². The smallest absolute Gasteiger partial charge is 0.119 e. The van der Waals surface area contributed by atoms with Gasteiger partial charge in [0.15, 0.2) is 0 Å². The average molecular weight is 330 g/mol. The largest absolute Gasteiger partial charge is 0.494 e. The van der Waals surface area contributed by atoms with Crippen LogP contribution < -0.4 is 9.47 Å². The first kappa shape index (κ1) is 19.1. The Balaban J connectivity index is 0.00000242. The molecule has 1 aliphatic heterocycles. The molecule has 0 atom stereocenters. The van der Waals surface area contributed by atoms with E-state index in [1.54, 1.807) is 0 Å². The van der Waals surface area contributed by atoms with Crippen LogP contribution in [0.4, 0.5) is 0 Å². The highest BCUT2D eigenvalue weighted by Gasteiger charge is 2.09. The zero-order valence-corrected chi connectivity index (χ0v) is 14.3. The molecule has 0 unspecified atom stereocenters. The van der Waals surface area contributed by atoms with Crippen molar-refractivity contribution in [2.75, 3.05) is 46.1 Å². The van der Waals surface area contributed by atoms with E-state index in [1.165, 1.54) is 0 Å². The molecule has 5 heteroatoms. The standard InChI is InChI=1S/C17H27NO3.ClH/c1-2-3-12-20-16-5-7-17(8-6-16)21-13-4-9-18-10-14-19-15-11-18;/h5-8H,2-4,9-15H2,1H3;1H. The van der Waals surface area contributed by atoms with E-state index < -0.39 is 0 Å². The van der Waals surface area contributed by atoms with Crippen LogP contribution >= 0.6 is 12.4 Å². The number of ether oxygens (including phenoxy) is 3. The van der Waals surface area contributed by atoms with E-state index in [-0.39, 0.29) is 12.4 Å². The van der Waals surface area contributed by atoms with E-state index in [0.717, 1.165) is 76.8 Å². The molecule has 22 heavy (non-hydrogen) atoms. The van der Waals surface area contributed by atoms with E-state index in [0.29, 0.717) is 0 Å². The fourth-order valence-corrected chi connectivity index (χ4v) is 2.27. The molecule has 126 valence electrons. The second-order valence-electron chi connectivity index (χ2n) is 5.33. The van der Waals surface area contributed by atoms with Crippen molar-refractivity contribution in [1.29, 1.82) is 0 Å². The summed E-state index contributed by atoms with van der Waals surface area (Å²) >= 11 is 0. The average Bonchev–Trinajstić information content (AvgIpc) is 2.54. The molecule has 0 saturated carbocycles. The third-order valence-electron chi connectivity index (χ3n) is 3.58. The van der Waals surface area contributed by atoms with E-state index >= 15 is 0 Å². The molecule has 1 aliphatic rings. The van der Waals surface area contributed by atoms with Gasteiger partial charge >= 0.3 is 0 Å². The zero-order chi connectivity index (χ0) is 14.8. The lowest BCUT2D eigenvalue weighted by molar-refractivity contribution is 0.0358. The van der Waals surface area contributed by atoms with Crippen molar-refractivity contribution in [1.82, 2.24) is 4.90 Å². The normalized spacial score (nSPS) is 15.1. The topological polar surface area (TPSA) is 30.9 Å². The first-order chi connectivity index (χ1) is 10.4. The van der Waals surface area contributed by atoms with Crippen molar-refractivity contribution in [3.8, 4) is 11.5 Å². The Kier molecular flexibility index (Phi) is 10.0. The Bertz CT molecular complexity index is 380. The Hall–Kier alpha value is -0.970. The summed E-state index contributed by atoms with van der Waals surface area (Å²) in [6, 6.07) is 7.92. The Morgan fingerprint density at radius 1 is 0.955 bits per heavy atom. The van der Waals surface area contributed by atoms with Crippen LogP contribution in [0.3, 0.4) is 0 Å². The van der Waals surface area contributed by atoms with Crippen molar-refractivity contribution in [3.63, 3.8) is 0 Å². The SMILES string of the molecule is CCCCOc1ccc(OCCCN2CCOCC2)cc1.Cl. The highest BCUT2D eigenvalue weighted by molar-refractivity contribution is 5.85. The molecule has 1 heterocycles. The first-order valence-corrected chi connectivity index (χ1v) is 8.04. The van der Waals surface area contributed by atoms with E-state index in [4.69, 9.17) is 14.2 Å². The first-order valence-electron chi connectivity index (χ1n) is 8.04. The predicted octanol–water partition coefficient (Wildman–Crippen LogP) is 3.39. The van der Waals surface area contributed by atoms with Gasteiger partial charge in [-0.25, -0.2) is 0 Å². The van der Waals surface area contributed by atoms with Crippen molar-refractivity contribution < 1.29 is 14.2 Å². The van der Waals surface area contributed by atoms with Crippen LogP contribution in [0.1, 0.15) is 26.2 Å². The monoisotopic (exact) mass is 329 g/mol. The van der Waals surface area contributed by atoms with Gasteiger partial charge in [-0.15, -0.1) is 12.4 Å². The van der Waals surface area contributed by atoms with Crippen LogP contribution in [0.2, 0.25) is 0 Å². The summed E-state index contributed by atoms with van der Waals surface area (Å²) < 4.78 is 16.7. The summed E-state index contributed by atoms with van der Waals surface area (Å²) in [4.78, 5) is 2.43. The number of benzene rings is 1. The maximum Gasteiger partial charge on any atom is 0.119 e. The number of morpholine rings is 1. The van der Waals surface area contributed by atoms with Gasteiger partial charge in [0.2, 0.25) is 0 Å². The van der Waals surface area contributed by atoms with E-state index in [2.05, 4.69) is 11.8 Å². The highest BCUT2D eigenvalue weighted by atomic mass is 35.5. The Morgan fingerprint density at radius 2 is 1.50 bits per heavy atom. The molecule has 0 spiro atoms. The van der Waals surface area contributed by atoms with Gasteiger partial charge in [0.05, 0.1) is 26.4 Å². The van der Waals surface area contributed by atoms with Gasteiger partial charge < -0.3 is 14.2 Å². The van der Waals surface area contributed by atoms with Crippen LogP contribution in [0.15, 0.2) is 24.3 Å². The summed E-state index contributed by atoms with van der Waals surface area (Å²) in [6.07, 6.45) is 3.30. The van der Waals surface area contributed by atoms with Gasteiger partial charge in [0.25, 0.3) is 0 Å². The quantitative estimate of drug-likeness (QED) is 0.650. The molecular formula is C17H28ClNO3. The fraction of sp³-hybridized carbons (Fsp3) is 0.647. The molecule has 0 aromatic heterocycles. The summed E-state index contributed by atoms with van der Waals surface area (Å²) in [6.45, 7) is 8.61. The molecule has 0 amide bonds. The zero-order valence-electron chi connectivity index (χ0n) is 13.5. The molecule has 0 bridgehead atoms. The molecule has 1 aromatic rings. The lowest BCUT2D eigenvalue weighted by Crippen LogP contribution is -2.37. The van der Waals surface area contributed by atoms with Gasteiger partial charge in [-0.2, -0.15) is 0 Å². The van der Waals surface area contributed by atoms with Gasteiger partial charge in [-0.05, 0) is 37.1 Å². The van der Waals surface area contributed by atoms with Gasteiger partial charge in [0, 0.05) is 19.6 Å². The fourth-order valence-electron chi connectivity index (χ4n) is 2.27. The number of hydrogen-bond acceptors (Lipinski definition) is 4. The van der Waals surface area contributed by atoms with Crippen LogP contribution in [-0.4, -0.2) is 51.0 Å². The Morgan fingerprint density at radius 3 is 2.05 bits per heavy atom. The lowest BCUT2D eigenvalue weighted by atomic mass is 10.3. The van der Waals surface area contributed by atoms with Crippen molar-refractivity contribution in [2.45, 2.75) is 26.2 Å². The number of rotatable bonds is 9.